The fourth-order valence-corrected chi connectivity index (χ4v) is 6.28. The monoisotopic (exact) mass is 648 g/mol. The zero-order valence-corrected chi connectivity index (χ0v) is 26.8. The van der Waals surface area contributed by atoms with Gasteiger partial charge in [0.15, 0.2) is 0 Å². The molecular formula is C34H41N4O7P. The first kappa shape index (κ1) is 35.7. The fourth-order valence-electron chi connectivity index (χ4n) is 4.74. The molecule has 3 rings (SSSR count). The molecule has 244 valence electrons. The van der Waals surface area contributed by atoms with Crippen LogP contribution in [0.5, 0.6) is 5.75 Å². The van der Waals surface area contributed by atoms with E-state index in [1.807, 2.05) is 30.3 Å². The van der Waals surface area contributed by atoms with E-state index >= 15 is 0 Å². The summed E-state index contributed by atoms with van der Waals surface area (Å²) in [5.74, 6) is -4.73. The molecule has 4 atom stereocenters. The number of carbonyl (C=O) groups is 4. The van der Waals surface area contributed by atoms with Crippen LogP contribution in [0.2, 0.25) is 0 Å². The third-order valence-corrected chi connectivity index (χ3v) is 9.31. The van der Waals surface area contributed by atoms with E-state index in [0.29, 0.717) is 17.5 Å². The van der Waals surface area contributed by atoms with Gasteiger partial charge < -0.3 is 31.7 Å². The highest BCUT2D eigenvalue weighted by molar-refractivity contribution is 7.59. The number of aryl methyl sites for hydroxylation is 1. The van der Waals surface area contributed by atoms with Crippen molar-refractivity contribution in [1.29, 1.82) is 0 Å². The molecule has 0 aliphatic rings. The Morgan fingerprint density at radius 3 is 2.17 bits per heavy atom. The number of nitrogens with two attached hydrogens (primary N) is 1. The normalized spacial score (nSPS) is 14.4. The van der Waals surface area contributed by atoms with Crippen LogP contribution in [-0.4, -0.2) is 57.7 Å². The molecule has 4 amide bonds. The second kappa shape index (κ2) is 17.1. The summed E-state index contributed by atoms with van der Waals surface area (Å²) in [5.41, 5.74) is 7.43. The second-order valence-electron chi connectivity index (χ2n) is 11.0. The maximum absolute atomic E-state index is 13.7. The zero-order chi connectivity index (χ0) is 33.7. The van der Waals surface area contributed by atoms with Crippen LogP contribution < -0.4 is 21.7 Å². The lowest BCUT2D eigenvalue weighted by molar-refractivity contribution is -0.130. The summed E-state index contributed by atoms with van der Waals surface area (Å²) in [6.07, 6.45) is 3.32. The molecule has 2 unspecified atom stereocenters. The Labute approximate surface area is 268 Å². The van der Waals surface area contributed by atoms with Gasteiger partial charge >= 0.3 is 0 Å². The number of benzene rings is 3. The summed E-state index contributed by atoms with van der Waals surface area (Å²) in [5, 5.41) is 18.0. The van der Waals surface area contributed by atoms with Crippen molar-refractivity contribution in [2.45, 2.75) is 57.4 Å². The molecule has 0 spiro atoms. The standard InChI is InChI=1S/C34H41N4O7P/c1-3-12-28(34(43)37-27(32(35)41)20-11-18-24-14-6-4-7-15-24)36-29(39)22-46(44,45)30(21-25-16-8-5-9-17-25)38-33(42)26-19-10-13-23(2)31(26)40/h4-11,13-19,27-28,30,40H,3,12,20-22H2,1-2H3,(H2,35,41)(H,36,39)(H,37,43)(H,38,42)(H,44,45)/b18-11+/t27-,28-,30?/m0/s1. The predicted molar refractivity (Wildman–Crippen MR) is 177 cm³/mol. The van der Waals surface area contributed by atoms with Crippen LogP contribution >= 0.6 is 7.37 Å². The van der Waals surface area contributed by atoms with E-state index in [9.17, 15) is 33.7 Å². The molecule has 7 N–H and O–H groups in total. The SMILES string of the molecule is CCC[C@H](NC(=O)CP(=O)(O)C(Cc1ccccc1)NC(=O)c1cccc(C)c1O)C(=O)N[C@@H](C/C=C/c1ccccc1)C(N)=O. The molecule has 0 bridgehead atoms. The van der Waals surface area contributed by atoms with Crippen LogP contribution in [0.25, 0.3) is 6.08 Å². The van der Waals surface area contributed by atoms with Gasteiger partial charge in [0.05, 0.1) is 5.56 Å². The van der Waals surface area contributed by atoms with Crippen LogP contribution in [0.15, 0.2) is 84.9 Å². The third kappa shape index (κ3) is 10.7. The maximum Gasteiger partial charge on any atom is 0.255 e. The van der Waals surface area contributed by atoms with Gasteiger partial charge in [-0.15, -0.1) is 0 Å². The number of para-hydroxylation sites is 1. The van der Waals surface area contributed by atoms with Crippen molar-refractivity contribution >= 4 is 37.1 Å². The molecule has 0 heterocycles. The number of nitrogens with one attached hydrogen (secondary N) is 3. The topological polar surface area (TPSA) is 188 Å². The second-order valence-corrected chi connectivity index (χ2v) is 13.4. The van der Waals surface area contributed by atoms with Crippen molar-refractivity contribution in [1.82, 2.24) is 16.0 Å². The highest BCUT2D eigenvalue weighted by Crippen LogP contribution is 2.46. The minimum Gasteiger partial charge on any atom is -0.507 e. The van der Waals surface area contributed by atoms with Gasteiger partial charge in [-0.2, -0.15) is 0 Å². The van der Waals surface area contributed by atoms with Gasteiger partial charge in [-0.25, -0.2) is 0 Å². The first-order valence-electron chi connectivity index (χ1n) is 15.0. The summed E-state index contributed by atoms with van der Waals surface area (Å²) in [6, 6.07) is 20.5. The molecule has 0 fully saturated rings. The van der Waals surface area contributed by atoms with Gasteiger partial charge in [0.25, 0.3) is 5.91 Å². The maximum atomic E-state index is 13.7. The van der Waals surface area contributed by atoms with Crippen molar-refractivity contribution in [3.63, 3.8) is 0 Å². The van der Waals surface area contributed by atoms with Crippen LogP contribution in [-0.2, 0) is 25.4 Å². The van der Waals surface area contributed by atoms with Gasteiger partial charge in [0.1, 0.15) is 29.8 Å². The number of amides is 4. The Kier molecular flexibility index (Phi) is 13.3. The van der Waals surface area contributed by atoms with Crippen LogP contribution in [0.3, 0.4) is 0 Å². The van der Waals surface area contributed by atoms with Crippen molar-refractivity contribution in [3.8, 4) is 5.75 Å². The first-order valence-corrected chi connectivity index (χ1v) is 16.9. The van der Waals surface area contributed by atoms with E-state index in [-0.39, 0.29) is 30.6 Å². The lowest BCUT2D eigenvalue weighted by Crippen LogP contribution is -2.53. The highest BCUT2D eigenvalue weighted by Gasteiger charge is 2.36. The van der Waals surface area contributed by atoms with Gasteiger partial charge in [-0.05, 0) is 42.5 Å². The van der Waals surface area contributed by atoms with Gasteiger partial charge in [0, 0.05) is 6.42 Å². The molecule has 0 radical (unpaired) electrons. The minimum atomic E-state index is -4.46. The van der Waals surface area contributed by atoms with Crippen LogP contribution in [0.4, 0.5) is 0 Å². The number of primary amides is 1. The van der Waals surface area contributed by atoms with E-state index in [1.54, 1.807) is 68.5 Å². The molecular weight excluding hydrogens is 607 g/mol. The Balaban J connectivity index is 1.73. The van der Waals surface area contributed by atoms with Gasteiger partial charge in [0.2, 0.25) is 25.1 Å². The molecule has 11 nitrogen and oxygen atoms in total. The molecule has 3 aromatic carbocycles. The van der Waals surface area contributed by atoms with E-state index in [1.165, 1.54) is 6.07 Å². The largest absolute Gasteiger partial charge is 0.507 e. The van der Waals surface area contributed by atoms with Crippen molar-refractivity contribution < 1.29 is 33.7 Å². The summed E-state index contributed by atoms with van der Waals surface area (Å²) < 4.78 is 13.7. The fraction of sp³-hybridized carbons (Fsp3) is 0.294. The average molecular weight is 649 g/mol. The molecule has 12 heteroatoms. The molecule has 0 aromatic heterocycles. The van der Waals surface area contributed by atoms with Crippen molar-refractivity contribution in [2.24, 2.45) is 5.73 Å². The van der Waals surface area contributed by atoms with E-state index in [4.69, 9.17) is 5.73 Å². The Morgan fingerprint density at radius 1 is 0.891 bits per heavy atom. The number of phenols is 1. The summed E-state index contributed by atoms with van der Waals surface area (Å²) >= 11 is 0. The minimum absolute atomic E-state index is 0.0735. The first-order chi connectivity index (χ1) is 21.9. The molecule has 3 aromatic rings. The Hall–Kier alpha value is -4.73. The van der Waals surface area contributed by atoms with Crippen molar-refractivity contribution in [3.05, 3.63) is 107 Å². The zero-order valence-electron chi connectivity index (χ0n) is 25.9. The van der Waals surface area contributed by atoms with E-state index < -0.39 is 55.0 Å². The Bertz CT molecular complexity index is 1580. The molecule has 0 aliphatic heterocycles. The summed E-state index contributed by atoms with van der Waals surface area (Å²) in [6.45, 7) is 3.41. The smallest absolute Gasteiger partial charge is 0.255 e. The van der Waals surface area contributed by atoms with Crippen molar-refractivity contribution in [2.75, 3.05) is 6.16 Å². The Morgan fingerprint density at radius 2 is 1.54 bits per heavy atom. The lowest BCUT2D eigenvalue weighted by Gasteiger charge is -2.26. The van der Waals surface area contributed by atoms with Crippen LogP contribution in [0.1, 0.15) is 53.2 Å². The molecule has 0 saturated carbocycles. The number of rotatable bonds is 16. The average Bonchev–Trinajstić information content (AvgIpc) is 3.02. The number of hydrogen-bond acceptors (Lipinski definition) is 6. The number of hydrogen-bond donors (Lipinski definition) is 6. The molecule has 46 heavy (non-hydrogen) atoms. The third-order valence-electron chi connectivity index (χ3n) is 7.28. The van der Waals surface area contributed by atoms with Gasteiger partial charge in [-0.1, -0.05) is 98.3 Å². The summed E-state index contributed by atoms with van der Waals surface area (Å²) in [4.78, 5) is 62.6. The van der Waals surface area contributed by atoms with Crippen LogP contribution in [0, 0.1) is 6.92 Å². The molecule has 0 saturated heterocycles. The summed E-state index contributed by atoms with van der Waals surface area (Å²) in [7, 11) is -4.46. The molecule has 0 aliphatic carbocycles. The van der Waals surface area contributed by atoms with Gasteiger partial charge in [-0.3, -0.25) is 23.7 Å². The van der Waals surface area contributed by atoms with E-state index in [0.717, 1.165) is 5.56 Å². The number of aromatic hydroxyl groups is 1. The quantitative estimate of drug-likeness (QED) is 0.128. The number of phenolic OH excluding ortho intramolecular Hbond substituents is 1. The highest BCUT2D eigenvalue weighted by atomic mass is 31.2. The lowest BCUT2D eigenvalue weighted by atomic mass is 10.1. The van der Waals surface area contributed by atoms with E-state index in [2.05, 4.69) is 16.0 Å². The number of carbonyl (C=O) groups excluding carboxylic acids is 4. The predicted octanol–water partition coefficient (Wildman–Crippen LogP) is 3.63.